The van der Waals surface area contributed by atoms with E-state index in [9.17, 15) is 18.0 Å². The van der Waals surface area contributed by atoms with Gasteiger partial charge in [0.2, 0.25) is 0 Å². The molecule has 2 heterocycles. The van der Waals surface area contributed by atoms with Gasteiger partial charge in [0.05, 0.1) is 20.9 Å². The van der Waals surface area contributed by atoms with E-state index in [1.165, 1.54) is 23.7 Å². The standard InChI is InChI=1S/C17H11F3N2O2S2/c18-17(19,20)9-2-4-10(5-3-9)24-16-12-11(14(25-16)15(21)23)6-1-8-7-22-26-13(8)12/h2-5,7H,1,6H2,(H2,21,23). The van der Waals surface area contributed by atoms with E-state index in [1.54, 1.807) is 6.20 Å². The quantitative estimate of drug-likeness (QED) is 0.686. The van der Waals surface area contributed by atoms with Crippen LogP contribution in [-0.2, 0) is 19.0 Å². The Bertz CT molecular complexity index is 991. The minimum Gasteiger partial charge on any atom is -0.446 e. The Labute approximate surface area is 154 Å². The average molecular weight is 396 g/mol. The molecule has 9 heteroatoms. The fourth-order valence-corrected chi connectivity index (χ4v) is 4.91. The van der Waals surface area contributed by atoms with Crippen molar-refractivity contribution in [3.63, 3.8) is 0 Å². The number of hydrogen-bond donors (Lipinski definition) is 1. The summed E-state index contributed by atoms with van der Waals surface area (Å²) < 4.78 is 48.1. The lowest BCUT2D eigenvalue weighted by Gasteiger charge is -2.14. The van der Waals surface area contributed by atoms with E-state index < -0.39 is 17.6 Å². The first-order chi connectivity index (χ1) is 12.3. The molecule has 2 N–H and O–H groups in total. The van der Waals surface area contributed by atoms with E-state index in [0.29, 0.717) is 16.4 Å². The monoisotopic (exact) mass is 396 g/mol. The summed E-state index contributed by atoms with van der Waals surface area (Å²) in [5.41, 5.74) is 7.39. The molecule has 2 aromatic heterocycles. The fraction of sp³-hybridized carbons (Fsp3) is 0.176. The van der Waals surface area contributed by atoms with E-state index in [2.05, 4.69) is 4.37 Å². The highest BCUT2D eigenvalue weighted by Gasteiger charge is 2.31. The van der Waals surface area contributed by atoms with Gasteiger partial charge in [-0.1, -0.05) is 11.3 Å². The number of nitrogens with zero attached hydrogens (tertiary/aromatic N) is 1. The first-order valence-corrected chi connectivity index (χ1v) is 9.18. The van der Waals surface area contributed by atoms with Crippen molar-refractivity contribution in [1.29, 1.82) is 0 Å². The van der Waals surface area contributed by atoms with Crippen LogP contribution in [0.2, 0.25) is 0 Å². The Balaban J connectivity index is 1.75. The maximum absolute atomic E-state index is 12.7. The van der Waals surface area contributed by atoms with E-state index in [0.717, 1.165) is 51.5 Å². The number of amides is 1. The smallest absolute Gasteiger partial charge is 0.416 e. The SMILES string of the molecule is NC(=O)c1sc(Oc2ccc(C(F)(F)F)cc2)c2c1CCc1cnsc1-2. The van der Waals surface area contributed by atoms with Crippen LogP contribution in [0.3, 0.4) is 0 Å². The highest BCUT2D eigenvalue weighted by atomic mass is 32.1. The molecule has 1 aliphatic rings. The number of alkyl halides is 3. The Hall–Kier alpha value is -2.39. The third kappa shape index (κ3) is 2.86. The molecule has 0 spiro atoms. The van der Waals surface area contributed by atoms with Gasteiger partial charge < -0.3 is 10.5 Å². The van der Waals surface area contributed by atoms with Gasteiger partial charge >= 0.3 is 6.18 Å². The lowest BCUT2D eigenvalue weighted by Crippen LogP contribution is -2.12. The second-order valence-corrected chi connectivity index (χ2v) is 7.53. The number of fused-ring (bicyclic) bond motifs is 3. The van der Waals surface area contributed by atoms with Crippen LogP contribution in [0.4, 0.5) is 13.2 Å². The summed E-state index contributed by atoms with van der Waals surface area (Å²) in [4.78, 5) is 13.1. The van der Waals surface area contributed by atoms with Crippen molar-refractivity contribution in [2.45, 2.75) is 19.0 Å². The second-order valence-electron chi connectivity index (χ2n) is 5.74. The number of hydrogen-bond acceptors (Lipinski definition) is 5. The zero-order valence-corrected chi connectivity index (χ0v) is 14.7. The molecule has 0 unspecified atom stereocenters. The number of nitrogens with two attached hydrogens (primary N) is 1. The van der Waals surface area contributed by atoms with Crippen LogP contribution in [0.5, 0.6) is 10.8 Å². The summed E-state index contributed by atoms with van der Waals surface area (Å²) in [5, 5.41) is 0.443. The third-order valence-electron chi connectivity index (χ3n) is 4.11. The second kappa shape index (κ2) is 6.10. The van der Waals surface area contributed by atoms with Crippen molar-refractivity contribution in [2.75, 3.05) is 0 Å². The molecular weight excluding hydrogens is 385 g/mol. The summed E-state index contributed by atoms with van der Waals surface area (Å²) in [6.07, 6.45) is -1.22. The molecule has 0 radical (unpaired) electrons. The zero-order chi connectivity index (χ0) is 18.5. The number of aromatic nitrogens is 1. The molecule has 3 aromatic rings. The summed E-state index contributed by atoms with van der Waals surface area (Å²) in [5.74, 6) is -0.281. The number of carbonyl (C=O) groups excluding carboxylic acids is 1. The van der Waals surface area contributed by atoms with Crippen molar-refractivity contribution in [3.8, 4) is 21.3 Å². The Morgan fingerprint density at radius 1 is 1.19 bits per heavy atom. The topological polar surface area (TPSA) is 65.2 Å². The van der Waals surface area contributed by atoms with Crippen LogP contribution in [0, 0.1) is 0 Å². The number of aryl methyl sites for hydroxylation is 1. The molecule has 0 saturated heterocycles. The minimum absolute atomic E-state index is 0.259. The highest BCUT2D eigenvalue weighted by molar-refractivity contribution is 7.17. The molecule has 0 saturated carbocycles. The number of rotatable bonds is 3. The fourth-order valence-electron chi connectivity index (χ4n) is 2.90. The van der Waals surface area contributed by atoms with Gasteiger partial charge in [0.25, 0.3) is 5.91 Å². The number of primary amides is 1. The molecule has 1 aromatic carbocycles. The first-order valence-electron chi connectivity index (χ1n) is 7.59. The van der Waals surface area contributed by atoms with E-state index in [1.807, 2.05) is 0 Å². The molecule has 26 heavy (non-hydrogen) atoms. The summed E-state index contributed by atoms with van der Waals surface area (Å²) in [7, 11) is 0. The summed E-state index contributed by atoms with van der Waals surface area (Å²) in [6, 6.07) is 4.44. The number of carbonyl (C=O) groups is 1. The molecule has 0 bridgehead atoms. The Morgan fingerprint density at radius 3 is 2.58 bits per heavy atom. The number of ether oxygens (including phenoxy) is 1. The minimum atomic E-state index is -4.41. The van der Waals surface area contributed by atoms with Crippen LogP contribution in [0.15, 0.2) is 30.5 Å². The molecule has 4 rings (SSSR count). The van der Waals surface area contributed by atoms with Crippen molar-refractivity contribution >= 4 is 28.8 Å². The van der Waals surface area contributed by atoms with E-state index in [-0.39, 0.29) is 5.75 Å². The van der Waals surface area contributed by atoms with E-state index in [4.69, 9.17) is 10.5 Å². The van der Waals surface area contributed by atoms with Gasteiger partial charge in [-0.05, 0) is 59.8 Å². The van der Waals surface area contributed by atoms with Crippen molar-refractivity contribution in [1.82, 2.24) is 4.37 Å². The normalized spacial score (nSPS) is 13.2. The van der Waals surface area contributed by atoms with Gasteiger partial charge in [-0.3, -0.25) is 4.79 Å². The lowest BCUT2D eigenvalue weighted by atomic mass is 9.93. The van der Waals surface area contributed by atoms with Gasteiger partial charge in [-0.15, -0.1) is 0 Å². The molecular formula is C17H11F3N2O2S2. The van der Waals surface area contributed by atoms with Gasteiger partial charge in [0.15, 0.2) is 5.06 Å². The summed E-state index contributed by atoms with van der Waals surface area (Å²) >= 11 is 2.41. The Morgan fingerprint density at radius 2 is 1.92 bits per heavy atom. The molecule has 0 fully saturated rings. The van der Waals surface area contributed by atoms with Crippen LogP contribution >= 0.6 is 22.9 Å². The Kier molecular flexibility index (Phi) is 4.00. The molecule has 0 atom stereocenters. The third-order valence-corrected chi connectivity index (χ3v) is 6.09. The molecule has 0 aliphatic heterocycles. The zero-order valence-electron chi connectivity index (χ0n) is 13.1. The average Bonchev–Trinajstić information content (AvgIpc) is 3.18. The highest BCUT2D eigenvalue weighted by Crippen LogP contribution is 2.49. The van der Waals surface area contributed by atoms with E-state index >= 15 is 0 Å². The van der Waals surface area contributed by atoms with Crippen LogP contribution in [0.1, 0.15) is 26.4 Å². The van der Waals surface area contributed by atoms with Crippen LogP contribution in [-0.4, -0.2) is 10.3 Å². The van der Waals surface area contributed by atoms with Crippen molar-refractivity contribution in [3.05, 3.63) is 52.0 Å². The maximum Gasteiger partial charge on any atom is 0.416 e. The van der Waals surface area contributed by atoms with Crippen molar-refractivity contribution < 1.29 is 22.7 Å². The number of thiophene rings is 1. The van der Waals surface area contributed by atoms with Crippen molar-refractivity contribution in [2.24, 2.45) is 5.73 Å². The first kappa shape index (κ1) is 17.0. The van der Waals surface area contributed by atoms with Gasteiger partial charge in [-0.2, -0.15) is 13.2 Å². The predicted molar refractivity (Wildman–Crippen MR) is 92.9 cm³/mol. The van der Waals surface area contributed by atoms with Crippen LogP contribution in [0.25, 0.3) is 10.4 Å². The van der Waals surface area contributed by atoms with Crippen LogP contribution < -0.4 is 10.5 Å². The molecule has 1 aliphatic carbocycles. The predicted octanol–water partition coefficient (Wildman–Crippen LogP) is 4.88. The number of benzene rings is 1. The molecule has 4 nitrogen and oxygen atoms in total. The number of halogens is 3. The maximum atomic E-state index is 12.7. The van der Waals surface area contributed by atoms with Gasteiger partial charge in [0.1, 0.15) is 5.75 Å². The lowest BCUT2D eigenvalue weighted by molar-refractivity contribution is -0.137. The largest absolute Gasteiger partial charge is 0.446 e. The molecule has 1 amide bonds. The molecule has 134 valence electrons. The van der Waals surface area contributed by atoms with Gasteiger partial charge in [-0.25, -0.2) is 4.37 Å². The van der Waals surface area contributed by atoms with Gasteiger partial charge in [0, 0.05) is 6.20 Å². The summed E-state index contributed by atoms with van der Waals surface area (Å²) in [6.45, 7) is 0.